The van der Waals surface area contributed by atoms with Crippen molar-refractivity contribution in [3.63, 3.8) is 0 Å². The van der Waals surface area contributed by atoms with Crippen LogP contribution in [0.25, 0.3) is 0 Å². The molecule has 0 radical (unpaired) electrons. The summed E-state index contributed by atoms with van der Waals surface area (Å²) in [6.45, 7) is 6.20. The molecule has 0 bridgehead atoms. The summed E-state index contributed by atoms with van der Waals surface area (Å²) >= 11 is 0. The number of piperidine rings is 1. The first kappa shape index (κ1) is 14.9. The van der Waals surface area contributed by atoms with Crippen molar-refractivity contribution in [1.82, 2.24) is 10.2 Å². The van der Waals surface area contributed by atoms with Crippen LogP contribution in [0.5, 0.6) is 0 Å². The molecule has 1 saturated heterocycles. The number of carbonyl (C=O) groups is 1. The minimum absolute atomic E-state index is 0.0102. The summed E-state index contributed by atoms with van der Waals surface area (Å²) in [5.41, 5.74) is 1.80. The van der Waals surface area contributed by atoms with Crippen molar-refractivity contribution >= 4 is 11.6 Å². The molecule has 1 aromatic carbocycles. The largest absolute Gasteiger partial charge is 0.381 e. The van der Waals surface area contributed by atoms with Gasteiger partial charge in [0.2, 0.25) is 0 Å². The van der Waals surface area contributed by atoms with E-state index in [1.807, 2.05) is 38.1 Å². The van der Waals surface area contributed by atoms with Gasteiger partial charge in [0.15, 0.2) is 0 Å². The quantitative estimate of drug-likeness (QED) is 0.886. The van der Waals surface area contributed by atoms with E-state index in [1.165, 1.54) is 19.4 Å². The standard InChI is InChI=1S/C16H25N3O/c1-12(2)17-16(20)13-6-8-14(9-7-13)18-15-5-4-10-19(3)11-15/h6-9,12,15,18H,4-5,10-11H2,1-3H3,(H,17,20). The van der Waals surface area contributed by atoms with Crippen LogP contribution in [0.15, 0.2) is 24.3 Å². The van der Waals surface area contributed by atoms with Crippen LogP contribution in [0, 0.1) is 0 Å². The lowest BCUT2D eigenvalue weighted by Crippen LogP contribution is -2.39. The van der Waals surface area contributed by atoms with E-state index in [1.54, 1.807) is 0 Å². The molecule has 0 saturated carbocycles. The predicted molar refractivity (Wildman–Crippen MR) is 83.2 cm³/mol. The highest BCUT2D eigenvalue weighted by molar-refractivity contribution is 5.94. The summed E-state index contributed by atoms with van der Waals surface area (Å²) in [7, 11) is 2.16. The van der Waals surface area contributed by atoms with Crippen LogP contribution in [0.3, 0.4) is 0 Å². The minimum Gasteiger partial charge on any atom is -0.381 e. The zero-order chi connectivity index (χ0) is 14.5. The van der Waals surface area contributed by atoms with Gasteiger partial charge in [-0.2, -0.15) is 0 Å². The molecular formula is C16H25N3O. The SMILES string of the molecule is CC(C)NC(=O)c1ccc(NC2CCCN(C)C2)cc1. The maximum absolute atomic E-state index is 11.9. The first-order chi connectivity index (χ1) is 9.54. The van der Waals surface area contributed by atoms with Crippen molar-refractivity contribution in [3.05, 3.63) is 29.8 Å². The number of benzene rings is 1. The molecule has 1 fully saturated rings. The Labute approximate surface area is 121 Å². The molecule has 4 heteroatoms. The maximum Gasteiger partial charge on any atom is 0.251 e. The average Bonchev–Trinajstić information content (AvgIpc) is 2.38. The molecule has 0 spiro atoms. The van der Waals surface area contributed by atoms with Crippen LogP contribution < -0.4 is 10.6 Å². The molecule has 2 N–H and O–H groups in total. The van der Waals surface area contributed by atoms with Crippen molar-refractivity contribution in [2.45, 2.75) is 38.8 Å². The Morgan fingerprint density at radius 1 is 1.30 bits per heavy atom. The summed E-state index contributed by atoms with van der Waals surface area (Å²) in [5, 5.41) is 6.44. The number of likely N-dealkylation sites (tertiary alicyclic amines) is 1. The monoisotopic (exact) mass is 275 g/mol. The van der Waals surface area contributed by atoms with Crippen molar-refractivity contribution in [2.24, 2.45) is 0 Å². The number of hydrogen-bond acceptors (Lipinski definition) is 3. The zero-order valence-corrected chi connectivity index (χ0v) is 12.6. The summed E-state index contributed by atoms with van der Waals surface area (Å²) in [5.74, 6) is -0.0102. The molecule has 1 atom stereocenters. The van der Waals surface area contributed by atoms with Gasteiger partial charge in [0.05, 0.1) is 0 Å². The number of likely N-dealkylation sites (N-methyl/N-ethyl adjacent to an activating group) is 1. The van der Waals surface area contributed by atoms with E-state index in [-0.39, 0.29) is 11.9 Å². The first-order valence-corrected chi connectivity index (χ1v) is 7.40. The van der Waals surface area contributed by atoms with E-state index >= 15 is 0 Å². The average molecular weight is 275 g/mol. The summed E-state index contributed by atoms with van der Waals surface area (Å²) in [6, 6.07) is 8.41. The molecule has 0 aromatic heterocycles. The maximum atomic E-state index is 11.9. The number of rotatable bonds is 4. The fourth-order valence-electron chi connectivity index (χ4n) is 2.58. The Bertz CT molecular complexity index is 442. The second-order valence-electron chi connectivity index (χ2n) is 5.95. The molecule has 1 aliphatic rings. The number of anilines is 1. The van der Waals surface area contributed by atoms with Gasteiger partial charge in [0.25, 0.3) is 5.91 Å². The number of nitrogens with zero attached hydrogens (tertiary/aromatic N) is 1. The van der Waals surface area contributed by atoms with Crippen LogP contribution in [0.2, 0.25) is 0 Å². The van der Waals surface area contributed by atoms with Crippen molar-refractivity contribution < 1.29 is 4.79 Å². The smallest absolute Gasteiger partial charge is 0.251 e. The molecule has 20 heavy (non-hydrogen) atoms. The Morgan fingerprint density at radius 3 is 2.60 bits per heavy atom. The topological polar surface area (TPSA) is 44.4 Å². The van der Waals surface area contributed by atoms with Gasteiger partial charge in [-0.1, -0.05) is 0 Å². The molecule has 0 aliphatic carbocycles. The molecule has 1 unspecified atom stereocenters. The van der Waals surface area contributed by atoms with Crippen molar-refractivity contribution in [3.8, 4) is 0 Å². The Hall–Kier alpha value is -1.55. The normalized spacial score (nSPS) is 19.9. The van der Waals surface area contributed by atoms with E-state index < -0.39 is 0 Å². The van der Waals surface area contributed by atoms with E-state index in [4.69, 9.17) is 0 Å². The zero-order valence-electron chi connectivity index (χ0n) is 12.6. The van der Waals surface area contributed by atoms with E-state index in [0.29, 0.717) is 11.6 Å². The second-order valence-corrected chi connectivity index (χ2v) is 5.95. The van der Waals surface area contributed by atoms with Crippen LogP contribution in [-0.2, 0) is 0 Å². The summed E-state index contributed by atoms with van der Waals surface area (Å²) < 4.78 is 0. The van der Waals surface area contributed by atoms with Gasteiger partial charge in [-0.15, -0.1) is 0 Å². The highest BCUT2D eigenvalue weighted by atomic mass is 16.1. The number of amides is 1. The third-order valence-corrected chi connectivity index (χ3v) is 3.56. The third-order valence-electron chi connectivity index (χ3n) is 3.56. The van der Waals surface area contributed by atoms with Gasteiger partial charge in [-0.25, -0.2) is 0 Å². The van der Waals surface area contributed by atoms with Crippen molar-refractivity contribution in [1.29, 1.82) is 0 Å². The molecule has 1 aromatic rings. The predicted octanol–water partition coefficient (Wildman–Crippen LogP) is 2.33. The summed E-state index contributed by atoms with van der Waals surface area (Å²) in [6.07, 6.45) is 2.45. The van der Waals surface area contributed by atoms with Crippen LogP contribution >= 0.6 is 0 Å². The van der Waals surface area contributed by atoms with Crippen molar-refractivity contribution in [2.75, 3.05) is 25.5 Å². The highest BCUT2D eigenvalue weighted by Crippen LogP contribution is 2.16. The number of carbonyl (C=O) groups excluding carboxylic acids is 1. The van der Waals surface area contributed by atoms with Crippen LogP contribution in [0.4, 0.5) is 5.69 Å². The van der Waals surface area contributed by atoms with Gasteiger partial charge < -0.3 is 15.5 Å². The van der Waals surface area contributed by atoms with Gasteiger partial charge in [0, 0.05) is 29.9 Å². The molecule has 110 valence electrons. The van der Waals surface area contributed by atoms with Gasteiger partial charge in [0.1, 0.15) is 0 Å². The Balaban J connectivity index is 1.92. The van der Waals surface area contributed by atoms with E-state index in [9.17, 15) is 4.79 Å². The minimum atomic E-state index is -0.0102. The Morgan fingerprint density at radius 2 is 2.00 bits per heavy atom. The van der Waals surface area contributed by atoms with Gasteiger partial charge in [-0.3, -0.25) is 4.79 Å². The Kier molecular flexibility index (Phi) is 5.01. The lowest BCUT2D eigenvalue weighted by atomic mass is 10.1. The second kappa shape index (κ2) is 6.75. The molecule has 1 amide bonds. The lowest BCUT2D eigenvalue weighted by molar-refractivity contribution is 0.0943. The van der Waals surface area contributed by atoms with E-state index in [2.05, 4.69) is 22.6 Å². The molecule has 1 heterocycles. The highest BCUT2D eigenvalue weighted by Gasteiger charge is 2.16. The summed E-state index contributed by atoms with van der Waals surface area (Å²) in [4.78, 5) is 14.2. The fourth-order valence-corrected chi connectivity index (χ4v) is 2.58. The first-order valence-electron chi connectivity index (χ1n) is 7.40. The molecule has 4 nitrogen and oxygen atoms in total. The molecule has 2 rings (SSSR count). The van der Waals surface area contributed by atoms with Crippen LogP contribution in [-0.4, -0.2) is 43.0 Å². The fraction of sp³-hybridized carbons (Fsp3) is 0.562. The molecule has 1 aliphatic heterocycles. The lowest BCUT2D eigenvalue weighted by Gasteiger charge is -2.30. The number of nitrogens with one attached hydrogen (secondary N) is 2. The van der Waals surface area contributed by atoms with Gasteiger partial charge >= 0.3 is 0 Å². The van der Waals surface area contributed by atoms with Crippen LogP contribution in [0.1, 0.15) is 37.0 Å². The van der Waals surface area contributed by atoms with Gasteiger partial charge in [-0.05, 0) is 64.5 Å². The van der Waals surface area contributed by atoms with E-state index in [0.717, 1.165) is 12.2 Å². The molecular weight excluding hydrogens is 250 g/mol. The number of hydrogen-bond donors (Lipinski definition) is 2. The third kappa shape index (κ3) is 4.23.